The van der Waals surface area contributed by atoms with Crippen LogP contribution in [0, 0.1) is 50.2 Å². The molecule has 9 atom stereocenters. The summed E-state index contributed by atoms with van der Waals surface area (Å²) in [4.78, 5) is 42.6. The lowest BCUT2D eigenvalue weighted by atomic mass is 9.33. The van der Waals surface area contributed by atoms with Crippen molar-refractivity contribution in [3.8, 4) is 0 Å². The smallest absolute Gasteiger partial charge is 0.311 e. The Balaban J connectivity index is 1.45. The molecular formula is C38H61NO5. The number of hydrogen-bond acceptors (Lipinski definition) is 6. The Kier molecular flexibility index (Phi) is 8.59. The number of esters is 2. The van der Waals surface area contributed by atoms with Crippen molar-refractivity contribution in [2.45, 2.75) is 133 Å². The van der Waals surface area contributed by atoms with Crippen LogP contribution in [0.5, 0.6) is 0 Å². The molecule has 4 fully saturated rings. The number of allylic oxidation sites excluding steroid dienone is 2. The van der Waals surface area contributed by atoms with Crippen molar-refractivity contribution in [2.24, 2.45) is 50.2 Å². The van der Waals surface area contributed by atoms with Gasteiger partial charge < -0.3 is 14.4 Å². The highest BCUT2D eigenvalue weighted by molar-refractivity contribution is 5.95. The summed E-state index contributed by atoms with van der Waals surface area (Å²) >= 11 is 0. The van der Waals surface area contributed by atoms with Gasteiger partial charge in [0, 0.05) is 24.8 Å². The molecule has 0 bridgehead atoms. The summed E-state index contributed by atoms with van der Waals surface area (Å²) in [6.07, 6.45) is 10.6. The van der Waals surface area contributed by atoms with Crippen LogP contribution < -0.4 is 0 Å². The molecule has 0 N–H and O–H groups in total. The maximum absolute atomic E-state index is 14.6. The van der Waals surface area contributed by atoms with E-state index in [-0.39, 0.29) is 57.0 Å². The second-order valence-electron chi connectivity index (χ2n) is 17.4. The fraction of sp³-hybridized carbons (Fsp3) is 0.868. The minimum absolute atomic E-state index is 0.0515. The third kappa shape index (κ3) is 4.94. The van der Waals surface area contributed by atoms with Gasteiger partial charge in [-0.15, -0.1) is 0 Å². The molecule has 0 unspecified atom stereocenters. The van der Waals surface area contributed by atoms with Crippen LogP contribution in [0.4, 0.5) is 0 Å². The summed E-state index contributed by atoms with van der Waals surface area (Å²) in [5.41, 5.74) is 0.317. The lowest BCUT2D eigenvalue weighted by Gasteiger charge is -2.70. The fourth-order valence-electron chi connectivity index (χ4n) is 11.7. The highest BCUT2D eigenvalue weighted by Crippen LogP contribution is 2.75. The molecular weight excluding hydrogens is 550 g/mol. The number of fused-ring (bicyclic) bond motifs is 7. The summed E-state index contributed by atoms with van der Waals surface area (Å²) in [5, 5.41) is 0. The number of nitrogens with zero attached hydrogens (tertiary/aromatic N) is 1. The maximum atomic E-state index is 14.6. The predicted molar refractivity (Wildman–Crippen MR) is 174 cm³/mol. The van der Waals surface area contributed by atoms with E-state index in [0.717, 1.165) is 77.4 Å². The Labute approximate surface area is 267 Å². The Bertz CT molecular complexity index is 1200. The van der Waals surface area contributed by atoms with Gasteiger partial charge in [0.15, 0.2) is 5.78 Å². The standard InChI is InChI=1S/C38H61NO5/c1-11-39(12-2)21-22-43-32(42)35(7)18-17-34(6)19-20-37(9)26(27(34)24-35)23-28(41)31-36(8)15-14-30(44-25(3)40)33(4,5)29(36)13-16-38(31,37)10/h23,27,29-31H,11-22,24H2,1-10H3/t27-,29-,30-,31-,34-,35-,36-,37+,38-/m0/s1. The predicted octanol–water partition coefficient (Wildman–Crippen LogP) is 7.78. The molecule has 5 aliphatic carbocycles. The molecule has 44 heavy (non-hydrogen) atoms. The van der Waals surface area contributed by atoms with Crippen LogP contribution in [0.15, 0.2) is 11.6 Å². The number of carbonyl (C=O) groups is 3. The summed E-state index contributed by atoms with van der Waals surface area (Å²) in [7, 11) is 0. The minimum atomic E-state index is -0.532. The molecule has 5 aliphatic rings. The van der Waals surface area contributed by atoms with Gasteiger partial charge in [0.25, 0.3) is 0 Å². The molecule has 0 amide bonds. The van der Waals surface area contributed by atoms with Crippen molar-refractivity contribution in [1.82, 2.24) is 4.90 Å². The average molecular weight is 612 g/mol. The second kappa shape index (κ2) is 11.2. The summed E-state index contributed by atoms with van der Waals surface area (Å²) < 4.78 is 11.8. The number of ether oxygens (including phenoxy) is 2. The Morgan fingerprint density at radius 2 is 1.57 bits per heavy atom. The molecule has 6 heteroatoms. The van der Waals surface area contributed by atoms with Gasteiger partial charge in [-0.1, -0.05) is 61.0 Å². The molecule has 0 aliphatic heterocycles. The Hall–Kier alpha value is -1.69. The van der Waals surface area contributed by atoms with Crippen LogP contribution in [-0.2, 0) is 23.9 Å². The third-order valence-electron chi connectivity index (χ3n) is 14.8. The molecule has 248 valence electrons. The quantitative estimate of drug-likeness (QED) is 0.274. The monoisotopic (exact) mass is 611 g/mol. The van der Waals surface area contributed by atoms with Gasteiger partial charge in [-0.05, 0) is 117 Å². The van der Waals surface area contributed by atoms with E-state index in [4.69, 9.17) is 9.47 Å². The Morgan fingerprint density at radius 1 is 0.909 bits per heavy atom. The number of ketones is 1. The Morgan fingerprint density at radius 3 is 2.20 bits per heavy atom. The van der Waals surface area contributed by atoms with E-state index >= 15 is 0 Å². The molecule has 0 saturated heterocycles. The molecule has 5 rings (SSSR count). The van der Waals surface area contributed by atoms with Gasteiger partial charge in [0.2, 0.25) is 0 Å². The van der Waals surface area contributed by atoms with Crippen molar-refractivity contribution in [1.29, 1.82) is 0 Å². The van der Waals surface area contributed by atoms with E-state index in [1.165, 1.54) is 12.5 Å². The van der Waals surface area contributed by atoms with Gasteiger partial charge >= 0.3 is 11.9 Å². The first-order valence-electron chi connectivity index (χ1n) is 17.7. The van der Waals surface area contributed by atoms with Crippen molar-refractivity contribution in [3.63, 3.8) is 0 Å². The summed E-state index contributed by atoms with van der Waals surface area (Å²) in [6, 6.07) is 0. The fourth-order valence-corrected chi connectivity index (χ4v) is 11.7. The van der Waals surface area contributed by atoms with E-state index < -0.39 is 5.41 Å². The van der Waals surface area contributed by atoms with E-state index in [0.29, 0.717) is 18.3 Å². The van der Waals surface area contributed by atoms with Crippen molar-refractivity contribution in [2.75, 3.05) is 26.2 Å². The van der Waals surface area contributed by atoms with E-state index in [9.17, 15) is 14.4 Å². The summed E-state index contributed by atoms with van der Waals surface area (Å²) in [6.45, 7) is 25.2. The first-order chi connectivity index (χ1) is 20.4. The lowest BCUT2D eigenvalue weighted by molar-refractivity contribution is -0.210. The van der Waals surface area contributed by atoms with Gasteiger partial charge in [0.1, 0.15) is 12.7 Å². The van der Waals surface area contributed by atoms with Crippen LogP contribution in [0.3, 0.4) is 0 Å². The SMILES string of the molecule is CCN(CC)CCOC(=O)[C@@]1(C)CC[C@@]2(C)CC[C@]3(C)C(=CC(=O)[C@H]4[C@@]5(C)CC[C@H](OC(C)=O)C(C)(C)[C@@H]5CC[C@@]43C)[C@@H]2C1. The van der Waals surface area contributed by atoms with Crippen molar-refractivity contribution < 1.29 is 23.9 Å². The van der Waals surface area contributed by atoms with E-state index in [1.807, 2.05) is 0 Å². The van der Waals surface area contributed by atoms with Crippen molar-refractivity contribution >= 4 is 17.7 Å². The molecule has 0 heterocycles. The van der Waals surface area contributed by atoms with Gasteiger partial charge in [-0.2, -0.15) is 0 Å². The zero-order valence-corrected chi connectivity index (χ0v) is 29.6. The van der Waals surface area contributed by atoms with E-state index in [1.54, 1.807) is 0 Å². The van der Waals surface area contributed by atoms with Crippen LogP contribution >= 0.6 is 0 Å². The van der Waals surface area contributed by atoms with Crippen LogP contribution in [0.25, 0.3) is 0 Å². The largest absolute Gasteiger partial charge is 0.464 e. The minimum Gasteiger partial charge on any atom is -0.464 e. The molecule has 0 aromatic carbocycles. The maximum Gasteiger partial charge on any atom is 0.311 e. The summed E-state index contributed by atoms with van der Waals surface area (Å²) in [5.74, 6) is 0.492. The van der Waals surface area contributed by atoms with Crippen LogP contribution in [0.1, 0.15) is 127 Å². The third-order valence-corrected chi connectivity index (χ3v) is 14.8. The lowest BCUT2D eigenvalue weighted by Crippen LogP contribution is -2.66. The van der Waals surface area contributed by atoms with Crippen LogP contribution in [0.2, 0.25) is 0 Å². The average Bonchev–Trinajstić information content (AvgIpc) is 2.94. The highest BCUT2D eigenvalue weighted by atomic mass is 16.5. The van der Waals surface area contributed by atoms with Gasteiger partial charge in [0.05, 0.1) is 5.41 Å². The topological polar surface area (TPSA) is 72.9 Å². The number of carbonyl (C=O) groups excluding carboxylic acids is 3. The first-order valence-corrected chi connectivity index (χ1v) is 17.7. The van der Waals surface area contributed by atoms with Gasteiger partial charge in [-0.3, -0.25) is 14.4 Å². The molecule has 0 spiro atoms. The van der Waals surface area contributed by atoms with E-state index in [2.05, 4.69) is 73.3 Å². The van der Waals surface area contributed by atoms with Crippen molar-refractivity contribution in [3.05, 3.63) is 11.6 Å². The number of likely N-dealkylation sites (N-methyl/N-ethyl adjacent to an activating group) is 1. The zero-order chi connectivity index (χ0) is 32.5. The first kappa shape index (κ1) is 33.7. The second-order valence-corrected chi connectivity index (χ2v) is 17.4. The highest BCUT2D eigenvalue weighted by Gasteiger charge is 2.70. The molecule has 0 radical (unpaired) electrons. The number of rotatable bonds is 7. The zero-order valence-electron chi connectivity index (χ0n) is 29.6. The normalized spacial score (nSPS) is 44.4. The molecule has 0 aromatic heterocycles. The molecule has 0 aromatic rings. The molecule has 6 nitrogen and oxygen atoms in total. The number of hydrogen-bond donors (Lipinski definition) is 0. The van der Waals surface area contributed by atoms with Gasteiger partial charge in [-0.25, -0.2) is 0 Å². The van der Waals surface area contributed by atoms with Crippen LogP contribution in [-0.4, -0.2) is 55.0 Å². The molecule has 4 saturated carbocycles.